The summed E-state index contributed by atoms with van der Waals surface area (Å²) in [4.78, 5) is 2.55. The summed E-state index contributed by atoms with van der Waals surface area (Å²) in [5.41, 5.74) is 7.97. The molecule has 0 spiro atoms. The number of likely N-dealkylation sites (tertiary alicyclic amines) is 1. The first-order valence-corrected chi connectivity index (χ1v) is 16.7. The molecule has 2 aliphatic heterocycles. The Bertz CT molecular complexity index is 1380. The number of ether oxygens (including phenoxy) is 2. The van der Waals surface area contributed by atoms with Crippen molar-refractivity contribution >= 4 is 11.1 Å². The molecular formula is C38H50N2O3. The van der Waals surface area contributed by atoms with Crippen LogP contribution in [0.5, 0.6) is 11.5 Å². The van der Waals surface area contributed by atoms with Crippen molar-refractivity contribution in [3.05, 3.63) is 82.4 Å². The van der Waals surface area contributed by atoms with E-state index in [1.807, 2.05) is 6.92 Å². The molecule has 3 heterocycles. The first-order chi connectivity index (χ1) is 21.1. The van der Waals surface area contributed by atoms with E-state index in [-0.39, 0.29) is 0 Å². The van der Waals surface area contributed by atoms with Crippen molar-refractivity contribution in [1.29, 1.82) is 0 Å². The lowest BCUT2D eigenvalue weighted by atomic mass is 9.79. The Kier molecular flexibility index (Phi) is 9.90. The minimum absolute atomic E-state index is 0.341. The van der Waals surface area contributed by atoms with Gasteiger partial charge < -0.3 is 24.1 Å². The van der Waals surface area contributed by atoms with Gasteiger partial charge in [-0.25, -0.2) is 0 Å². The van der Waals surface area contributed by atoms with Gasteiger partial charge >= 0.3 is 0 Å². The van der Waals surface area contributed by atoms with E-state index in [4.69, 9.17) is 13.9 Å². The van der Waals surface area contributed by atoms with E-state index in [0.29, 0.717) is 12.5 Å². The molecule has 5 nitrogen and oxygen atoms in total. The SMILES string of the molecule is COc1cc2c(cc1OCCCN1CCCC1)C(C)C/C=C(c1ccc(C)o1)/C1=C\2CCC=C(CC2CCNCC2)/C=C\1. The van der Waals surface area contributed by atoms with Crippen LogP contribution < -0.4 is 14.8 Å². The van der Waals surface area contributed by atoms with E-state index >= 15 is 0 Å². The van der Waals surface area contributed by atoms with Crippen molar-refractivity contribution in [1.82, 2.24) is 10.2 Å². The molecule has 2 saturated heterocycles. The minimum Gasteiger partial charge on any atom is -0.493 e. The number of hydrogen-bond donors (Lipinski definition) is 1. The maximum atomic E-state index is 6.41. The van der Waals surface area contributed by atoms with E-state index in [2.05, 4.69) is 65.7 Å². The lowest BCUT2D eigenvalue weighted by molar-refractivity contribution is 0.254. The number of furan rings is 1. The molecule has 5 heteroatoms. The van der Waals surface area contributed by atoms with Crippen molar-refractivity contribution in [2.24, 2.45) is 5.92 Å². The number of aryl methyl sites for hydroxylation is 1. The summed E-state index contributed by atoms with van der Waals surface area (Å²) in [5.74, 6) is 4.71. The Morgan fingerprint density at radius 1 is 1.02 bits per heavy atom. The van der Waals surface area contributed by atoms with E-state index in [1.54, 1.807) is 7.11 Å². The summed E-state index contributed by atoms with van der Waals surface area (Å²) in [6, 6.07) is 8.74. The van der Waals surface area contributed by atoms with E-state index < -0.39 is 0 Å². The fourth-order valence-corrected chi connectivity index (χ4v) is 7.34. The second kappa shape index (κ2) is 14.2. The Balaban J connectivity index is 1.34. The molecule has 0 bridgehead atoms. The maximum Gasteiger partial charge on any atom is 0.161 e. The van der Waals surface area contributed by atoms with Gasteiger partial charge in [0.05, 0.1) is 13.7 Å². The highest BCUT2D eigenvalue weighted by Crippen LogP contribution is 2.45. The van der Waals surface area contributed by atoms with Gasteiger partial charge in [-0.2, -0.15) is 0 Å². The molecular weight excluding hydrogens is 532 g/mol. The van der Waals surface area contributed by atoms with Crippen LogP contribution >= 0.6 is 0 Å². The molecule has 1 aromatic heterocycles. The number of nitrogens with zero attached hydrogens (tertiary/aromatic N) is 1. The molecule has 2 aromatic rings. The third-order valence-electron chi connectivity index (χ3n) is 9.81. The molecule has 1 aromatic carbocycles. The average Bonchev–Trinajstić information content (AvgIpc) is 3.69. The Hall–Kier alpha value is -3.02. The number of nitrogens with one attached hydrogen (secondary N) is 1. The zero-order chi connectivity index (χ0) is 29.6. The second-order valence-electron chi connectivity index (χ2n) is 12.9. The second-order valence-corrected chi connectivity index (χ2v) is 12.9. The number of benzene rings is 1. The van der Waals surface area contributed by atoms with Gasteiger partial charge in [0.2, 0.25) is 0 Å². The number of rotatable bonds is 9. The Morgan fingerprint density at radius 3 is 2.63 bits per heavy atom. The zero-order valence-corrected chi connectivity index (χ0v) is 26.6. The van der Waals surface area contributed by atoms with Crippen LogP contribution in [0.15, 0.2) is 64.1 Å². The summed E-state index contributed by atoms with van der Waals surface area (Å²) in [6.45, 7) is 10.9. The first-order valence-electron chi connectivity index (χ1n) is 16.7. The molecule has 43 heavy (non-hydrogen) atoms. The lowest BCUT2D eigenvalue weighted by Gasteiger charge is -2.27. The fourth-order valence-electron chi connectivity index (χ4n) is 7.34. The average molecular weight is 583 g/mol. The van der Waals surface area contributed by atoms with Crippen molar-refractivity contribution in [3.63, 3.8) is 0 Å². The minimum atomic E-state index is 0.341. The largest absolute Gasteiger partial charge is 0.493 e. The molecule has 2 fully saturated rings. The van der Waals surface area contributed by atoms with Crippen LogP contribution in [0.25, 0.3) is 11.1 Å². The molecule has 2 aliphatic carbocycles. The van der Waals surface area contributed by atoms with Gasteiger partial charge in [0.25, 0.3) is 0 Å². The number of fused-ring (bicyclic) bond motifs is 2. The molecule has 1 N–H and O–H groups in total. The van der Waals surface area contributed by atoms with Crippen LogP contribution in [0.3, 0.4) is 0 Å². The van der Waals surface area contributed by atoms with Gasteiger partial charge in [-0.05, 0) is 149 Å². The van der Waals surface area contributed by atoms with Crippen LogP contribution in [0.2, 0.25) is 0 Å². The van der Waals surface area contributed by atoms with Crippen LogP contribution in [0, 0.1) is 12.8 Å². The van der Waals surface area contributed by atoms with Crippen molar-refractivity contribution in [2.75, 3.05) is 46.4 Å². The molecule has 1 unspecified atom stereocenters. The highest BCUT2D eigenvalue weighted by molar-refractivity contribution is 5.93. The van der Waals surface area contributed by atoms with Crippen molar-refractivity contribution < 1.29 is 13.9 Å². The van der Waals surface area contributed by atoms with Gasteiger partial charge in [-0.1, -0.05) is 36.8 Å². The van der Waals surface area contributed by atoms with Gasteiger partial charge in [0.15, 0.2) is 11.5 Å². The summed E-state index contributed by atoms with van der Waals surface area (Å²) in [7, 11) is 1.77. The first kappa shape index (κ1) is 30.0. The predicted octanol–water partition coefficient (Wildman–Crippen LogP) is 8.47. The lowest BCUT2D eigenvalue weighted by Crippen LogP contribution is -2.27. The molecule has 4 aliphatic rings. The predicted molar refractivity (Wildman–Crippen MR) is 177 cm³/mol. The van der Waals surface area contributed by atoms with Crippen LogP contribution in [0.1, 0.15) is 93.3 Å². The highest BCUT2D eigenvalue weighted by Gasteiger charge is 2.26. The smallest absolute Gasteiger partial charge is 0.161 e. The van der Waals surface area contributed by atoms with E-state index in [0.717, 1.165) is 74.3 Å². The Labute approximate surface area is 258 Å². The van der Waals surface area contributed by atoms with Gasteiger partial charge in [0, 0.05) is 12.1 Å². The zero-order valence-electron chi connectivity index (χ0n) is 26.6. The number of hydrogen-bond acceptors (Lipinski definition) is 5. The molecule has 1 atom stereocenters. The summed E-state index contributed by atoms with van der Waals surface area (Å²) in [6.07, 6.45) is 20.0. The monoisotopic (exact) mass is 582 g/mol. The summed E-state index contributed by atoms with van der Waals surface area (Å²) in [5, 5.41) is 3.52. The molecule has 0 radical (unpaired) electrons. The molecule has 6 rings (SSSR count). The maximum absolute atomic E-state index is 6.41. The van der Waals surface area contributed by atoms with Crippen molar-refractivity contribution in [3.8, 4) is 11.5 Å². The number of methoxy groups -OCH3 is 1. The van der Waals surface area contributed by atoms with Gasteiger partial charge in [-0.15, -0.1) is 0 Å². The van der Waals surface area contributed by atoms with E-state index in [9.17, 15) is 0 Å². The summed E-state index contributed by atoms with van der Waals surface area (Å²) >= 11 is 0. The third kappa shape index (κ3) is 7.21. The normalized spacial score (nSPS) is 25.3. The topological polar surface area (TPSA) is 46.9 Å². The number of allylic oxidation sites excluding steroid dienone is 8. The van der Waals surface area contributed by atoms with E-state index in [1.165, 1.54) is 78.6 Å². The summed E-state index contributed by atoms with van der Waals surface area (Å²) < 4.78 is 18.6. The molecule has 230 valence electrons. The fraction of sp³-hybridized carbons (Fsp3) is 0.526. The third-order valence-corrected chi connectivity index (χ3v) is 9.81. The van der Waals surface area contributed by atoms with Crippen molar-refractivity contribution in [2.45, 2.75) is 77.6 Å². The molecule has 0 saturated carbocycles. The standard InChI is InChI=1S/C38H50N2O3/c1-27-10-13-33(36-15-11-28(2)43-36)32-14-12-29(24-30-16-18-39-19-17-30)8-6-9-31(32)35-26-37(41-3)38(25-34(27)35)42-23-7-22-40-20-4-5-21-40/h8,11-15,25-27,30,39H,4-7,9-10,16-24H2,1-3H3/b14-12-,29-8?,32-31-,33-13-. The highest BCUT2D eigenvalue weighted by atomic mass is 16.5. The van der Waals surface area contributed by atoms with Gasteiger partial charge in [-0.3, -0.25) is 0 Å². The van der Waals surface area contributed by atoms with Crippen LogP contribution in [0.4, 0.5) is 0 Å². The molecule has 0 amide bonds. The Morgan fingerprint density at radius 2 is 1.86 bits per heavy atom. The van der Waals surface area contributed by atoms with Crippen LogP contribution in [-0.2, 0) is 0 Å². The van der Waals surface area contributed by atoms with Gasteiger partial charge in [0.1, 0.15) is 11.5 Å². The quantitative estimate of drug-likeness (QED) is 0.301. The van der Waals surface area contributed by atoms with Crippen LogP contribution in [-0.4, -0.2) is 51.3 Å². The number of piperidine rings is 1.